The Kier molecular flexibility index (Phi) is 6.27. The molecule has 0 aliphatic carbocycles. The van der Waals surface area contributed by atoms with Crippen LogP contribution in [-0.4, -0.2) is 0 Å². The van der Waals surface area contributed by atoms with Crippen LogP contribution in [0.4, 0.5) is 0 Å². The second-order valence-corrected chi connectivity index (χ2v) is 5.61. The van der Waals surface area contributed by atoms with Gasteiger partial charge in [0.1, 0.15) is 0 Å². The molecule has 0 bridgehead atoms. The lowest BCUT2D eigenvalue weighted by molar-refractivity contribution is 0.795. The van der Waals surface area contributed by atoms with E-state index in [1.54, 1.807) is 0 Å². The van der Waals surface area contributed by atoms with Gasteiger partial charge in [0.2, 0.25) is 0 Å². The minimum atomic E-state index is 1.13. The number of aryl methyl sites for hydroxylation is 2. The van der Waals surface area contributed by atoms with Crippen LogP contribution in [0.15, 0.2) is 60.7 Å². The fraction of sp³-hybridized carbons (Fsp3) is 0.333. The zero-order chi connectivity index (χ0) is 14.9. The van der Waals surface area contributed by atoms with Crippen LogP contribution in [0.2, 0.25) is 0 Å². The Morgan fingerprint density at radius 1 is 0.762 bits per heavy atom. The van der Waals surface area contributed by atoms with E-state index in [1.807, 2.05) is 0 Å². The molecule has 0 nitrogen and oxygen atoms in total. The molecule has 0 aromatic heterocycles. The summed E-state index contributed by atoms with van der Waals surface area (Å²) in [6.45, 7) is 4.32. The molecule has 0 aliphatic rings. The predicted octanol–water partition coefficient (Wildman–Crippen LogP) is 6.20. The van der Waals surface area contributed by atoms with Crippen LogP contribution in [0.1, 0.15) is 44.2 Å². The quantitative estimate of drug-likeness (QED) is 0.528. The maximum absolute atomic E-state index is 2.27. The molecule has 0 spiro atoms. The van der Waals surface area contributed by atoms with Crippen molar-refractivity contribution in [3.63, 3.8) is 0 Å². The van der Waals surface area contributed by atoms with Gasteiger partial charge in [-0.1, -0.05) is 74.0 Å². The van der Waals surface area contributed by atoms with Crippen molar-refractivity contribution in [1.29, 1.82) is 0 Å². The first-order chi connectivity index (χ1) is 10.3. The van der Waals surface area contributed by atoms with Gasteiger partial charge in [-0.25, -0.2) is 0 Å². The molecule has 110 valence electrons. The molecule has 0 aliphatic heterocycles. The van der Waals surface area contributed by atoms with Gasteiger partial charge in [-0.05, 0) is 54.9 Å². The Balaban J connectivity index is 2.01. The van der Waals surface area contributed by atoms with Crippen LogP contribution in [0.3, 0.4) is 0 Å². The first-order valence-corrected chi connectivity index (χ1v) is 8.13. The molecule has 2 rings (SSSR count). The van der Waals surface area contributed by atoms with E-state index in [-0.39, 0.29) is 0 Å². The average Bonchev–Trinajstić information content (AvgIpc) is 2.54. The van der Waals surface area contributed by atoms with Crippen molar-refractivity contribution >= 4 is 0 Å². The summed E-state index contributed by atoms with van der Waals surface area (Å²) in [5.74, 6) is 0. The number of allylic oxidation sites excluding steroid dienone is 2. The summed E-state index contributed by atoms with van der Waals surface area (Å²) < 4.78 is 0. The first kappa shape index (κ1) is 15.6. The van der Waals surface area contributed by atoms with Gasteiger partial charge in [-0.3, -0.25) is 0 Å². The zero-order valence-corrected chi connectivity index (χ0v) is 13.3. The SMILES string of the molecule is C/C=C/CCc1ccc(-c2ccc(CCCC)cc2)cc1. The van der Waals surface area contributed by atoms with Gasteiger partial charge in [0.15, 0.2) is 0 Å². The van der Waals surface area contributed by atoms with E-state index in [9.17, 15) is 0 Å². The molecule has 21 heavy (non-hydrogen) atoms. The topological polar surface area (TPSA) is 0 Å². The first-order valence-electron chi connectivity index (χ1n) is 8.13. The van der Waals surface area contributed by atoms with E-state index in [2.05, 4.69) is 74.5 Å². The van der Waals surface area contributed by atoms with Gasteiger partial charge in [-0.15, -0.1) is 0 Å². The molecule has 0 unspecified atom stereocenters. The second kappa shape index (κ2) is 8.46. The Morgan fingerprint density at radius 3 is 1.76 bits per heavy atom. The summed E-state index contributed by atoms with van der Waals surface area (Å²) in [5, 5.41) is 0. The van der Waals surface area contributed by atoms with Crippen LogP contribution in [0, 0.1) is 0 Å². The van der Waals surface area contributed by atoms with Crippen molar-refractivity contribution in [3.05, 3.63) is 71.8 Å². The lowest BCUT2D eigenvalue weighted by atomic mass is 10.00. The van der Waals surface area contributed by atoms with E-state index >= 15 is 0 Å². The van der Waals surface area contributed by atoms with Crippen molar-refractivity contribution in [3.8, 4) is 11.1 Å². The van der Waals surface area contributed by atoms with Crippen molar-refractivity contribution in [2.75, 3.05) is 0 Å². The minimum Gasteiger partial charge on any atom is -0.0917 e. The van der Waals surface area contributed by atoms with Gasteiger partial charge >= 0.3 is 0 Å². The summed E-state index contributed by atoms with van der Waals surface area (Å²) >= 11 is 0. The van der Waals surface area contributed by atoms with Crippen LogP contribution >= 0.6 is 0 Å². The van der Waals surface area contributed by atoms with Crippen molar-refractivity contribution in [2.24, 2.45) is 0 Å². The van der Waals surface area contributed by atoms with Crippen LogP contribution in [0.25, 0.3) is 11.1 Å². The molecular formula is C21H26. The molecule has 0 saturated heterocycles. The lowest BCUT2D eigenvalue weighted by Crippen LogP contribution is -1.86. The Hall–Kier alpha value is -1.82. The van der Waals surface area contributed by atoms with Gasteiger partial charge < -0.3 is 0 Å². The maximum Gasteiger partial charge on any atom is -0.0184 e. The summed E-state index contributed by atoms with van der Waals surface area (Å²) in [5.41, 5.74) is 5.49. The Morgan fingerprint density at radius 2 is 1.29 bits per heavy atom. The van der Waals surface area contributed by atoms with Crippen LogP contribution < -0.4 is 0 Å². The van der Waals surface area contributed by atoms with Gasteiger partial charge in [0, 0.05) is 0 Å². The normalized spacial score (nSPS) is 11.1. The lowest BCUT2D eigenvalue weighted by Gasteiger charge is -2.06. The number of rotatable bonds is 7. The Bertz CT molecular complexity index is 544. The molecule has 0 radical (unpaired) electrons. The molecule has 0 atom stereocenters. The molecule has 0 saturated carbocycles. The average molecular weight is 278 g/mol. The third kappa shape index (κ3) is 4.90. The minimum absolute atomic E-state index is 1.13. The molecule has 0 N–H and O–H groups in total. The highest BCUT2D eigenvalue weighted by Crippen LogP contribution is 2.21. The van der Waals surface area contributed by atoms with E-state index in [0.717, 1.165) is 12.8 Å². The largest absolute Gasteiger partial charge is 0.0917 e. The van der Waals surface area contributed by atoms with Crippen LogP contribution in [0.5, 0.6) is 0 Å². The highest BCUT2D eigenvalue weighted by Gasteiger charge is 1.99. The summed E-state index contributed by atoms with van der Waals surface area (Å²) in [6, 6.07) is 18.0. The highest BCUT2D eigenvalue weighted by atomic mass is 14.0. The van der Waals surface area contributed by atoms with Crippen molar-refractivity contribution in [2.45, 2.75) is 46.0 Å². The number of unbranched alkanes of at least 4 members (excludes halogenated alkanes) is 1. The standard InChI is InChI=1S/C21H26/c1-3-5-7-9-19-12-16-21(17-13-19)20-14-10-18(11-15-20)8-6-4-2/h3,5,10-17H,4,6-9H2,1-2H3/b5-3+. The third-order valence-electron chi connectivity index (χ3n) is 3.90. The summed E-state index contributed by atoms with van der Waals surface area (Å²) in [7, 11) is 0. The van der Waals surface area contributed by atoms with Gasteiger partial charge in [-0.2, -0.15) is 0 Å². The molecule has 0 amide bonds. The predicted molar refractivity (Wildman–Crippen MR) is 93.6 cm³/mol. The molecule has 0 heteroatoms. The monoisotopic (exact) mass is 278 g/mol. The molecule has 2 aromatic carbocycles. The third-order valence-corrected chi connectivity index (χ3v) is 3.90. The van der Waals surface area contributed by atoms with E-state index < -0.39 is 0 Å². The van der Waals surface area contributed by atoms with E-state index in [1.165, 1.54) is 41.5 Å². The highest BCUT2D eigenvalue weighted by molar-refractivity contribution is 5.63. The molecule has 0 fully saturated rings. The van der Waals surface area contributed by atoms with Crippen molar-refractivity contribution < 1.29 is 0 Å². The van der Waals surface area contributed by atoms with Crippen LogP contribution in [-0.2, 0) is 12.8 Å². The summed E-state index contributed by atoms with van der Waals surface area (Å²) in [4.78, 5) is 0. The zero-order valence-electron chi connectivity index (χ0n) is 13.3. The Labute approximate surface area is 129 Å². The van der Waals surface area contributed by atoms with E-state index in [4.69, 9.17) is 0 Å². The number of hydrogen-bond acceptors (Lipinski definition) is 0. The van der Waals surface area contributed by atoms with Crippen molar-refractivity contribution in [1.82, 2.24) is 0 Å². The number of hydrogen-bond donors (Lipinski definition) is 0. The smallest absolute Gasteiger partial charge is 0.0184 e. The number of benzene rings is 2. The second-order valence-electron chi connectivity index (χ2n) is 5.61. The fourth-order valence-corrected chi connectivity index (χ4v) is 2.53. The van der Waals surface area contributed by atoms with Gasteiger partial charge in [0.05, 0.1) is 0 Å². The molecule has 2 aromatic rings. The van der Waals surface area contributed by atoms with E-state index in [0.29, 0.717) is 0 Å². The fourth-order valence-electron chi connectivity index (χ4n) is 2.53. The molecule has 0 heterocycles. The summed E-state index contributed by atoms with van der Waals surface area (Å²) in [6.07, 6.45) is 10.3. The van der Waals surface area contributed by atoms with Gasteiger partial charge in [0.25, 0.3) is 0 Å². The maximum atomic E-state index is 2.27. The molecular weight excluding hydrogens is 252 g/mol.